The number of ether oxygens (including phenoxy) is 2. The molecule has 0 spiro atoms. The highest BCUT2D eigenvalue weighted by Gasteiger charge is 2.33. The maximum atomic E-state index is 14.1. The molecule has 0 radical (unpaired) electrons. The third-order valence-electron chi connectivity index (χ3n) is 7.41. The second-order valence-electron chi connectivity index (χ2n) is 10.2. The molecule has 1 amide bonds. The highest BCUT2D eigenvalue weighted by atomic mass is 35.5. The van der Waals surface area contributed by atoms with Crippen LogP contribution >= 0.6 is 22.9 Å². The summed E-state index contributed by atoms with van der Waals surface area (Å²) in [5.74, 6) is 0.247. The number of nitrogens with one attached hydrogen (secondary N) is 1. The molecule has 12 heteroatoms. The van der Waals surface area contributed by atoms with Crippen LogP contribution in [-0.4, -0.2) is 35.8 Å². The number of methoxy groups -OCH3 is 2. The predicted molar refractivity (Wildman–Crippen MR) is 174 cm³/mol. The van der Waals surface area contributed by atoms with Crippen molar-refractivity contribution >= 4 is 46.6 Å². The first-order valence-electron chi connectivity index (χ1n) is 13.9. The summed E-state index contributed by atoms with van der Waals surface area (Å²) in [6, 6.07) is 21.4. The number of carbonyl (C=O) groups excluding carboxylic acids is 1. The van der Waals surface area contributed by atoms with E-state index < -0.39 is 17.9 Å². The molecule has 0 bridgehead atoms. The van der Waals surface area contributed by atoms with Gasteiger partial charge >= 0.3 is 5.97 Å². The van der Waals surface area contributed by atoms with E-state index in [1.54, 1.807) is 61.5 Å². The van der Waals surface area contributed by atoms with E-state index in [1.165, 1.54) is 42.3 Å². The lowest BCUT2D eigenvalue weighted by Crippen LogP contribution is -2.40. The summed E-state index contributed by atoms with van der Waals surface area (Å²) in [7, 11) is 3.05. The van der Waals surface area contributed by atoms with Gasteiger partial charge in [0.15, 0.2) is 16.3 Å². The number of hydrogen-bond donors (Lipinski definition) is 2. The van der Waals surface area contributed by atoms with Gasteiger partial charge in [-0.15, -0.1) is 0 Å². The summed E-state index contributed by atoms with van der Waals surface area (Å²) < 4.78 is 18.8. The summed E-state index contributed by atoms with van der Waals surface area (Å²) in [4.78, 5) is 44.3. The molecule has 0 unspecified atom stereocenters. The zero-order chi connectivity index (χ0) is 32.5. The van der Waals surface area contributed by atoms with Crippen molar-refractivity contribution in [1.29, 1.82) is 0 Å². The molecule has 3 aromatic carbocycles. The second kappa shape index (κ2) is 12.5. The smallest absolute Gasteiger partial charge is 0.337 e. The van der Waals surface area contributed by atoms with E-state index in [9.17, 15) is 19.5 Å². The molecule has 10 nitrogen and oxygen atoms in total. The summed E-state index contributed by atoms with van der Waals surface area (Å²) in [6.07, 6.45) is 1.61. The van der Waals surface area contributed by atoms with Gasteiger partial charge < -0.3 is 24.3 Å². The number of hydrogen-bond acceptors (Lipinski definition) is 8. The quantitative estimate of drug-likeness (QED) is 0.226. The molecule has 0 fully saturated rings. The van der Waals surface area contributed by atoms with Crippen molar-refractivity contribution in [2.24, 2.45) is 4.99 Å². The highest BCUT2D eigenvalue weighted by molar-refractivity contribution is 7.07. The number of carboxylic acid groups (broad SMARTS) is 1. The first-order valence-corrected chi connectivity index (χ1v) is 15.1. The van der Waals surface area contributed by atoms with E-state index in [1.807, 2.05) is 18.2 Å². The Labute approximate surface area is 271 Å². The second-order valence-corrected chi connectivity index (χ2v) is 11.6. The van der Waals surface area contributed by atoms with Crippen LogP contribution in [0.25, 0.3) is 17.4 Å². The fourth-order valence-corrected chi connectivity index (χ4v) is 6.51. The molecule has 0 saturated carbocycles. The van der Waals surface area contributed by atoms with Crippen molar-refractivity contribution in [2.45, 2.75) is 13.0 Å². The lowest BCUT2D eigenvalue weighted by molar-refractivity contribution is -0.113. The van der Waals surface area contributed by atoms with Crippen LogP contribution in [0.2, 0.25) is 5.02 Å². The van der Waals surface area contributed by atoms with Gasteiger partial charge in [0, 0.05) is 17.3 Å². The third kappa shape index (κ3) is 5.73. The van der Waals surface area contributed by atoms with E-state index >= 15 is 0 Å². The molecule has 2 N–H and O–H groups in total. The number of allylic oxidation sites excluding steroid dienone is 1. The molecule has 1 aliphatic rings. The summed E-state index contributed by atoms with van der Waals surface area (Å²) >= 11 is 7.32. The number of aromatic nitrogens is 1. The van der Waals surface area contributed by atoms with Crippen molar-refractivity contribution in [1.82, 2.24) is 4.57 Å². The van der Waals surface area contributed by atoms with Crippen LogP contribution in [0.3, 0.4) is 0 Å². The van der Waals surface area contributed by atoms with Crippen molar-refractivity contribution in [3.8, 4) is 22.8 Å². The van der Waals surface area contributed by atoms with Gasteiger partial charge in [-0.3, -0.25) is 14.2 Å². The van der Waals surface area contributed by atoms with Gasteiger partial charge in [0.25, 0.3) is 11.5 Å². The molecule has 2 aromatic heterocycles. The number of halogens is 1. The third-order valence-corrected chi connectivity index (χ3v) is 8.70. The van der Waals surface area contributed by atoms with E-state index in [4.69, 9.17) is 25.5 Å². The van der Waals surface area contributed by atoms with Crippen molar-refractivity contribution in [2.75, 3.05) is 19.5 Å². The van der Waals surface area contributed by atoms with Gasteiger partial charge in [-0.05, 0) is 61.0 Å². The van der Waals surface area contributed by atoms with Gasteiger partial charge in [0.2, 0.25) is 0 Å². The average Bonchev–Trinajstić information content (AvgIpc) is 3.64. The highest BCUT2D eigenvalue weighted by Crippen LogP contribution is 2.36. The zero-order valence-corrected chi connectivity index (χ0v) is 26.3. The molecule has 3 heterocycles. The Bertz CT molecular complexity index is 2220. The molecule has 5 aromatic rings. The molecule has 0 saturated heterocycles. The monoisotopic (exact) mass is 655 g/mol. The number of nitrogens with zero attached hydrogens (tertiary/aromatic N) is 2. The van der Waals surface area contributed by atoms with Crippen molar-refractivity contribution in [3.63, 3.8) is 0 Å². The van der Waals surface area contributed by atoms with E-state index in [2.05, 4.69) is 10.3 Å². The van der Waals surface area contributed by atoms with Crippen LogP contribution in [0.15, 0.2) is 104 Å². The Morgan fingerprint density at radius 3 is 2.48 bits per heavy atom. The van der Waals surface area contributed by atoms with Crippen LogP contribution < -0.4 is 29.7 Å². The number of para-hydroxylation sites is 1. The number of aromatic carboxylic acids is 1. The molecular formula is C34H26ClN3O7S. The fourth-order valence-electron chi connectivity index (χ4n) is 5.23. The van der Waals surface area contributed by atoms with E-state index in [-0.39, 0.29) is 16.1 Å². The maximum absolute atomic E-state index is 14.1. The lowest BCUT2D eigenvalue weighted by Gasteiger charge is -2.26. The minimum absolute atomic E-state index is 0.0190. The maximum Gasteiger partial charge on any atom is 0.337 e. The molecule has 6 rings (SSSR count). The number of carbonyl (C=O) groups is 2. The van der Waals surface area contributed by atoms with E-state index in [0.717, 1.165) is 0 Å². The van der Waals surface area contributed by atoms with Gasteiger partial charge in [-0.2, -0.15) is 0 Å². The van der Waals surface area contributed by atoms with Crippen molar-refractivity contribution in [3.05, 3.63) is 132 Å². The number of rotatable bonds is 8. The van der Waals surface area contributed by atoms with E-state index in [0.29, 0.717) is 60.4 Å². The first-order chi connectivity index (χ1) is 22.2. The topological polar surface area (TPSA) is 132 Å². The minimum Gasteiger partial charge on any atom is -0.493 e. The fraction of sp³-hybridized carbons (Fsp3) is 0.118. The lowest BCUT2D eigenvalue weighted by atomic mass is 9.94. The molecule has 0 aliphatic carbocycles. The molecule has 46 heavy (non-hydrogen) atoms. The standard InChI is InChI=1S/C34H26ClN3O7S/c1-18-29(31(39)37-21-7-5-4-6-8-21)30(20-10-13-26(43-2)27(16-20)44-3)38-32(40)28(46-34(38)36-18)17-22-11-14-25(45-22)19-9-12-23(33(41)42)24(35)15-19/h4-17,30H,1-3H3,(H,37,39)(H,41,42)/b28-17-/t30-/m0/s1. The number of thiazole rings is 1. The number of carboxylic acids is 1. The average molecular weight is 656 g/mol. The van der Waals surface area contributed by atoms with Crippen LogP contribution in [-0.2, 0) is 4.79 Å². The van der Waals surface area contributed by atoms with Crippen LogP contribution in [0, 0.1) is 0 Å². The Morgan fingerprint density at radius 1 is 1.02 bits per heavy atom. The van der Waals surface area contributed by atoms with Crippen LogP contribution in [0.5, 0.6) is 11.5 Å². The molecular weight excluding hydrogens is 630 g/mol. The SMILES string of the molecule is COc1ccc([C@H]2C(C(=O)Nc3ccccc3)=C(C)N=c3s/c(=C\c4ccc(-c5ccc(C(=O)O)c(Cl)c5)o4)c(=O)n32)cc1OC. The minimum atomic E-state index is -1.13. The summed E-state index contributed by atoms with van der Waals surface area (Å²) in [5.41, 5.74) is 2.18. The largest absolute Gasteiger partial charge is 0.493 e. The van der Waals surface area contributed by atoms with Crippen LogP contribution in [0.1, 0.15) is 34.6 Å². The van der Waals surface area contributed by atoms with Gasteiger partial charge in [-0.25, -0.2) is 9.79 Å². The number of benzene rings is 3. The number of anilines is 1. The Hall–Kier alpha value is -5.39. The van der Waals surface area contributed by atoms with Gasteiger partial charge in [-0.1, -0.05) is 53.3 Å². The van der Waals surface area contributed by atoms with Crippen molar-refractivity contribution < 1.29 is 28.6 Å². The predicted octanol–water partition coefficient (Wildman–Crippen LogP) is 5.50. The van der Waals surface area contributed by atoms with Crippen LogP contribution in [0.4, 0.5) is 5.69 Å². The van der Waals surface area contributed by atoms with Gasteiger partial charge in [0.1, 0.15) is 11.5 Å². The molecule has 232 valence electrons. The number of fused-ring (bicyclic) bond motifs is 1. The zero-order valence-electron chi connectivity index (χ0n) is 24.7. The first kappa shape index (κ1) is 30.6. The number of furan rings is 1. The Kier molecular flexibility index (Phi) is 8.35. The molecule has 1 atom stereocenters. The Morgan fingerprint density at radius 2 is 1.78 bits per heavy atom. The Balaban J connectivity index is 1.45. The number of amides is 1. The normalized spacial score (nSPS) is 14.4. The molecule has 1 aliphatic heterocycles. The summed E-state index contributed by atoms with van der Waals surface area (Å²) in [5, 5.41) is 12.3. The van der Waals surface area contributed by atoms with Gasteiger partial charge in [0.05, 0.1) is 46.7 Å². The summed E-state index contributed by atoms with van der Waals surface area (Å²) in [6.45, 7) is 1.74.